The number of carbonyl (C=O) groups excluding carboxylic acids is 2. The summed E-state index contributed by atoms with van der Waals surface area (Å²) in [4.78, 5) is 23.0. The van der Waals surface area contributed by atoms with Crippen LogP contribution < -0.4 is 10.6 Å². The van der Waals surface area contributed by atoms with Crippen LogP contribution in [0.25, 0.3) is 0 Å². The molecule has 2 amide bonds. The quantitative estimate of drug-likeness (QED) is 0.704. The van der Waals surface area contributed by atoms with Crippen molar-refractivity contribution in [3.8, 4) is 0 Å². The summed E-state index contributed by atoms with van der Waals surface area (Å²) in [6.07, 6.45) is 0.00310. The van der Waals surface area contributed by atoms with Crippen molar-refractivity contribution in [3.63, 3.8) is 0 Å². The lowest BCUT2D eigenvalue weighted by Gasteiger charge is -2.18. The van der Waals surface area contributed by atoms with E-state index in [4.69, 9.17) is 4.74 Å². The third-order valence-corrected chi connectivity index (χ3v) is 3.67. The average molecular weight is 276 g/mol. The zero-order valence-corrected chi connectivity index (χ0v) is 10.9. The highest BCUT2D eigenvalue weighted by molar-refractivity contribution is 6.13. The number of ether oxygens (including phenoxy) is 1. The number of amides is 2. The number of carbonyl (C=O) groups is 2. The highest BCUT2D eigenvalue weighted by Gasteiger charge is 2.26. The molecule has 2 unspecified atom stereocenters. The molecule has 2 aliphatic rings. The first-order valence-corrected chi connectivity index (χ1v) is 6.63. The van der Waals surface area contributed by atoms with Crippen LogP contribution in [0.15, 0.2) is 18.2 Å². The lowest BCUT2D eigenvalue weighted by Crippen LogP contribution is -2.16. The third-order valence-electron chi connectivity index (χ3n) is 3.67. The molecule has 1 aromatic rings. The molecular weight excluding hydrogens is 260 g/mol. The lowest BCUT2D eigenvalue weighted by atomic mass is 9.94. The second-order valence-electron chi connectivity index (χ2n) is 5.15. The first kappa shape index (κ1) is 13.1. The first-order chi connectivity index (χ1) is 9.63. The standard InChI is InChI=1S/C14H16N2O4/c17-12-6-13(18)16-11-5-8(1-2-10(11)15-12)14(19)9-3-4-20-7-9/h1-2,5,9,14,19H,3-4,6-7H2,(H,15,17)(H,16,18). The maximum absolute atomic E-state index is 11.5. The lowest BCUT2D eigenvalue weighted by molar-refractivity contribution is -0.123. The summed E-state index contributed by atoms with van der Waals surface area (Å²) in [5.41, 5.74) is 1.80. The minimum Gasteiger partial charge on any atom is -0.388 e. The fourth-order valence-corrected chi connectivity index (χ4v) is 2.57. The third kappa shape index (κ3) is 2.52. The SMILES string of the molecule is O=C1CC(=O)Nc2cc(C(O)C3CCOC3)ccc2N1. The number of aliphatic hydroxyl groups is 1. The molecule has 1 saturated heterocycles. The van der Waals surface area contributed by atoms with Crippen molar-refractivity contribution >= 4 is 23.2 Å². The van der Waals surface area contributed by atoms with Crippen LogP contribution in [-0.2, 0) is 14.3 Å². The van der Waals surface area contributed by atoms with E-state index < -0.39 is 6.10 Å². The Hall–Kier alpha value is -1.92. The van der Waals surface area contributed by atoms with E-state index in [1.165, 1.54) is 0 Å². The number of anilines is 2. The van der Waals surface area contributed by atoms with Crippen LogP contribution in [-0.4, -0.2) is 30.1 Å². The smallest absolute Gasteiger partial charge is 0.233 e. The molecule has 6 heteroatoms. The van der Waals surface area contributed by atoms with Crippen molar-refractivity contribution in [1.29, 1.82) is 0 Å². The fourth-order valence-electron chi connectivity index (χ4n) is 2.57. The zero-order chi connectivity index (χ0) is 14.1. The number of rotatable bonds is 2. The van der Waals surface area contributed by atoms with E-state index in [0.717, 1.165) is 12.0 Å². The fraction of sp³-hybridized carbons (Fsp3) is 0.429. The van der Waals surface area contributed by atoms with E-state index in [0.29, 0.717) is 24.6 Å². The molecule has 0 radical (unpaired) electrons. The van der Waals surface area contributed by atoms with Crippen LogP contribution in [0.1, 0.15) is 24.5 Å². The van der Waals surface area contributed by atoms with Crippen molar-refractivity contribution in [3.05, 3.63) is 23.8 Å². The Balaban J connectivity index is 1.88. The molecule has 2 aliphatic heterocycles. The van der Waals surface area contributed by atoms with Gasteiger partial charge in [-0.05, 0) is 24.1 Å². The normalized spacial score (nSPS) is 23.6. The van der Waals surface area contributed by atoms with E-state index in [1.54, 1.807) is 18.2 Å². The van der Waals surface area contributed by atoms with Crippen molar-refractivity contribution in [1.82, 2.24) is 0 Å². The topological polar surface area (TPSA) is 87.7 Å². The van der Waals surface area contributed by atoms with Gasteiger partial charge < -0.3 is 20.5 Å². The van der Waals surface area contributed by atoms with Gasteiger partial charge in [-0.15, -0.1) is 0 Å². The molecule has 3 N–H and O–H groups in total. The maximum atomic E-state index is 11.5. The Bertz CT molecular complexity index is 552. The second kappa shape index (κ2) is 5.22. The maximum Gasteiger partial charge on any atom is 0.233 e. The largest absolute Gasteiger partial charge is 0.388 e. The first-order valence-electron chi connectivity index (χ1n) is 6.63. The molecule has 0 saturated carbocycles. The van der Waals surface area contributed by atoms with Crippen LogP contribution in [0.4, 0.5) is 11.4 Å². The monoisotopic (exact) mass is 276 g/mol. The van der Waals surface area contributed by atoms with Gasteiger partial charge in [0.25, 0.3) is 0 Å². The number of aliphatic hydroxyl groups excluding tert-OH is 1. The van der Waals surface area contributed by atoms with Gasteiger partial charge in [-0.25, -0.2) is 0 Å². The number of nitrogens with one attached hydrogen (secondary N) is 2. The van der Waals surface area contributed by atoms with E-state index >= 15 is 0 Å². The molecule has 3 rings (SSSR count). The van der Waals surface area contributed by atoms with Crippen molar-refractivity contribution in [2.75, 3.05) is 23.8 Å². The van der Waals surface area contributed by atoms with E-state index in [1.807, 2.05) is 0 Å². The molecule has 0 bridgehead atoms. The van der Waals surface area contributed by atoms with Crippen LogP contribution in [0.5, 0.6) is 0 Å². The van der Waals surface area contributed by atoms with Crippen LogP contribution in [0.3, 0.4) is 0 Å². The molecule has 0 aromatic heterocycles. The van der Waals surface area contributed by atoms with Gasteiger partial charge in [0.05, 0.1) is 24.1 Å². The van der Waals surface area contributed by atoms with E-state index in [9.17, 15) is 14.7 Å². The Morgan fingerprint density at radius 1 is 1.20 bits per heavy atom. The number of hydrogen-bond donors (Lipinski definition) is 3. The molecular formula is C14H16N2O4. The molecule has 20 heavy (non-hydrogen) atoms. The molecule has 0 aliphatic carbocycles. The summed E-state index contributed by atoms with van der Waals surface area (Å²) < 4.78 is 5.28. The summed E-state index contributed by atoms with van der Waals surface area (Å²) in [6.45, 7) is 1.21. The zero-order valence-electron chi connectivity index (χ0n) is 10.9. The summed E-state index contributed by atoms with van der Waals surface area (Å²) in [5, 5.41) is 15.7. The molecule has 2 heterocycles. The van der Waals surface area contributed by atoms with Crippen LogP contribution in [0, 0.1) is 5.92 Å². The van der Waals surface area contributed by atoms with Crippen LogP contribution in [0.2, 0.25) is 0 Å². The predicted octanol–water partition coefficient (Wildman–Crippen LogP) is 1.04. The Morgan fingerprint density at radius 2 is 1.95 bits per heavy atom. The number of hydrogen-bond acceptors (Lipinski definition) is 4. The van der Waals surface area contributed by atoms with Crippen molar-refractivity contribution in [2.45, 2.75) is 18.9 Å². The summed E-state index contributed by atoms with van der Waals surface area (Å²) in [6, 6.07) is 5.18. The van der Waals surface area contributed by atoms with Gasteiger partial charge in [-0.3, -0.25) is 9.59 Å². The summed E-state index contributed by atoms with van der Waals surface area (Å²) in [7, 11) is 0. The van der Waals surface area contributed by atoms with Gasteiger partial charge in [0, 0.05) is 12.5 Å². The molecule has 6 nitrogen and oxygen atoms in total. The molecule has 1 fully saturated rings. The van der Waals surface area contributed by atoms with Gasteiger partial charge >= 0.3 is 0 Å². The predicted molar refractivity (Wildman–Crippen MR) is 72.2 cm³/mol. The molecule has 2 atom stereocenters. The van der Waals surface area contributed by atoms with E-state index in [-0.39, 0.29) is 24.2 Å². The van der Waals surface area contributed by atoms with E-state index in [2.05, 4.69) is 10.6 Å². The Morgan fingerprint density at radius 3 is 2.65 bits per heavy atom. The van der Waals surface area contributed by atoms with Gasteiger partial charge in [0.2, 0.25) is 11.8 Å². The summed E-state index contributed by atoms with van der Waals surface area (Å²) >= 11 is 0. The number of fused-ring (bicyclic) bond motifs is 1. The average Bonchev–Trinajstić information content (AvgIpc) is 2.88. The van der Waals surface area contributed by atoms with Crippen LogP contribution >= 0.6 is 0 Å². The Kier molecular flexibility index (Phi) is 3.42. The highest BCUT2D eigenvalue weighted by Crippen LogP contribution is 2.33. The van der Waals surface area contributed by atoms with Gasteiger partial charge in [0.1, 0.15) is 6.42 Å². The van der Waals surface area contributed by atoms with Gasteiger partial charge in [-0.2, -0.15) is 0 Å². The highest BCUT2D eigenvalue weighted by atomic mass is 16.5. The van der Waals surface area contributed by atoms with Gasteiger partial charge in [0.15, 0.2) is 0 Å². The molecule has 1 aromatic carbocycles. The second-order valence-corrected chi connectivity index (χ2v) is 5.15. The van der Waals surface area contributed by atoms with Crippen molar-refractivity contribution in [2.24, 2.45) is 5.92 Å². The minimum absolute atomic E-state index is 0.0733. The number of benzene rings is 1. The van der Waals surface area contributed by atoms with Gasteiger partial charge in [-0.1, -0.05) is 6.07 Å². The van der Waals surface area contributed by atoms with Crippen molar-refractivity contribution < 1.29 is 19.4 Å². The Labute approximate surface area is 116 Å². The molecule has 106 valence electrons. The summed E-state index contributed by atoms with van der Waals surface area (Å²) in [5.74, 6) is -0.611. The molecule has 0 spiro atoms. The minimum atomic E-state index is -0.626.